The summed E-state index contributed by atoms with van der Waals surface area (Å²) in [5.74, 6) is 0.706. The van der Waals surface area contributed by atoms with Crippen molar-refractivity contribution >= 4 is 28.2 Å². The van der Waals surface area contributed by atoms with Crippen molar-refractivity contribution in [3.8, 4) is 0 Å². The number of likely N-dealkylation sites (tertiary alicyclic amines) is 1. The molecule has 1 N–H and O–H groups in total. The maximum Gasteiger partial charge on any atom is 0.0559 e. The average molecular weight is 299 g/mol. The fourth-order valence-electron chi connectivity index (χ4n) is 3.50. The molecule has 110 valence electrons. The Morgan fingerprint density at radius 1 is 1.29 bits per heavy atom. The molecule has 0 spiro atoms. The number of hydrogen-bond acceptors (Lipinski definition) is 3. The van der Waals surface area contributed by atoms with E-state index in [-0.39, 0.29) is 0 Å². The van der Waals surface area contributed by atoms with Crippen LogP contribution in [0.15, 0.2) is 29.4 Å². The van der Waals surface area contributed by atoms with Gasteiger partial charge in [-0.1, -0.05) is 6.07 Å². The summed E-state index contributed by atoms with van der Waals surface area (Å²) in [6.45, 7) is 3.34. The van der Waals surface area contributed by atoms with Gasteiger partial charge in [0.1, 0.15) is 0 Å². The van der Waals surface area contributed by atoms with E-state index in [1.165, 1.54) is 48.0 Å². The van der Waals surface area contributed by atoms with Gasteiger partial charge < -0.3 is 9.88 Å². The van der Waals surface area contributed by atoms with Gasteiger partial charge in [0.05, 0.1) is 17.3 Å². The first kappa shape index (κ1) is 13.4. The quantitative estimate of drug-likeness (QED) is 0.914. The fraction of sp³-hybridized carbons (Fsp3) is 0.471. The van der Waals surface area contributed by atoms with Crippen LogP contribution in [0.1, 0.15) is 35.1 Å². The highest BCUT2D eigenvalue weighted by molar-refractivity contribution is 8.12. The van der Waals surface area contributed by atoms with Crippen LogP contribution in [-0.4, -0.2) is 42.1 Å². The Morgan fingerprint density at radius 2 is 2.14 bits per heavy atom. The van der Waals surface area contributed by atoms with E-state index in [9.17, 15) is 0 Å². The monoisotopic (exact) mass is 299 g/mol. The van der Waals surface area contributed by atoms with Crippen molar-refractivity contribution in [2.24, 2.45) is 4.99 Å². The third kappa shape index (κ3) is 2.51. The number of aromatic nitrogens is 1. The molecule has 4 heteroatoms. The van der Waals surface area contributed by atoms with Gasteiger partial charge in [-0.05, 0) is 62.2 Å². The standard InChI is InChI=1S/C17H21N3S/c1-20-6-4-12(5-7-20)15-9-19-16-3-2-13(8-14(15)16)17-10-18-11-21-17/h2-3,8-9,11-12,17,19H,4-7,10H2,1H3. The molecule has 1 aromatic heterocycles. The van der Waals surface area contributed by atoms with E-state index < -0.39 is 0 Å². The first-order valence-corrected chi connectivity index (χ1v) is 8.69. The van der Waals surface area contributed by atoms with E-state index in [1.807, 2.05) is 17.3 Å². The number of benzene rings is 1. The molecule has 1 aromatic carbocycles. The Hall–Kier alpha value is -1.26. The zero-order valence-electron chi connectivity index (χ0n) is 12.4. The number of nitrogens with zero attached hydrogens (tertiary/aromatic N) is 2. The van der Waals surface area contributed by atoms with Crippen LogP contribution >= 0.6 is 11.8 Å². The van der Waals surface area contributed by atoms with Gasteiger partial charge in [-0.3, -0.25) is 4.99 Å². The van der Waals surface area contributed by atoms with Gasteiger partial charge in [-0.2, -0.15) is 0 Å². The number of aliphatic imine (C=N–C) groups is 1. The minimum absolute atomic E-state index is 0.509. The van der Waals surface area contributed by atoms with Crippen molar-refractivity contribution in [3.63, 3.8) is 0 Å². The number of thioether (sulfide) groups is 1. The summed E-state index contributed by atoms with van der Waals surface area (Å²) in [4.78, 5) is 10.3. The molecule has 3 nitrogen and oxygen atoms in total. The number of H-pyrrole nitrogens is 1. The number of hydrogen-bond donors (Lipinski definition) is 1. The van der Waals surface area contributed by atoms with Crippen LogP contribution in [0.5, 0.6) is 0 Å². The van der Waals surface area contributed by atoms with Crippen LogP contribution in [0.25, 0.3) is 10.9 Å². The van der Waals surface area contributed by atoms with Crippen LogP contribution in [0, 0.1) is 0 Å². The summed E-state index contributed by atoms with van der Waals surface area (Å²) >= 11 is 1.84. The van der Waals surface area contributed by atoms with E-state index in [0.717, 1.165) is 6.54 Å². The molecule has 0 amide bonds. The highest BCUT2D eigenvalue weighted by Gasteiger charge is 2.22. The van der Waals surface area contributed by atoms with E-state index >= 15 is 0 Å². The smallest absolute Gasteiger partial charge is 0.0559 e. The Morgan fingerprint density at radius 3 is 2.90 bits per heavy atom. The minimum Gasteiger partial charge on any atom is -0.361 e. The molecule has 0 saturated carbocycles. The predicted molar refractivity (Wildman–Crippen MR) is 91.5 cm³/mol. The Labute approximate surface area is 129 Å². The van der Waals surface area contributed by atoms with Crippen LogP contribution in [0.4, 0.5) is 0 Å². The van der Waals surface area contributed by atoms with Gasteiger partial charge in [0.2, 0.25) is 0 Å². The summed E-state index contributed by atoms with van der Waals surface area (Å²) < 4.78 is 0. The van der Waals surface area contributed by atoms with Gasteiger partial charge in [0.25, 0.3) is 0 Å². The summed E-state index contributed by atoms with van der Waals surface area (Å²) in [7, 11) is 2.22. The van der Waals surface area contributed by atoms with Crippen molar-refractivity contribution in [2.75, 3.05) is 26.7 Å². The van der Waals surface area contributed by atoms with E-state index in [2.05, 4.69) is 46.3 Å². The third-order valence-corrected chi connectivity index (χ3v) is 5.86. The van der Waals surface area contributed by atoms with Crippen LogP contribution in [0.2, 0.25) is 0 Å². The molecule has 0 radical (unpaired) electrons. The first-order chi connectivity index (χ1) is 10.3. The number of aromatic amines is 1. The van der Waals surface area contributed by atoms with Crippen molar-refractivity contribution in [2.45, 2.75) is 24.0 Å². The molecule has 1 unspecified atom stereocenters. The summed E-state index contributed by atoms with van der Waals surface area (Å²) in [6, 6.07) is 6.89. The van der Waals surface area contributed by atoms with Gasteiger partial charge in [0, 0.05) is 17.1 Å². The minimum atomic E-state index is 0.509. The lowest BCUT2D eigenvalue weighted by molar-refractivity contribution is 0.256. The third-order valence-electron chi connectivity index (χ3n) is 4.84. The maximum atomic E-state index is 4.35. The molecular formula is C17H21N3S. The topological polar surface area (TPSA) is 31.4 Å². The summed E-state index contributed by atoms with van der Waals surface area (Å²) in [5.41, 5.74) is 6.20. The van der Waals surface area contributed by atoms with Crippen molar-refractivity contribution in [1.29, 1.82) is 0 Å². The zero-order valence-corrected chi connectivity index (χ0v) is 13.2. The molecule has 1 atom stereocenters. The normalized spacial score (nSPS) is 24.1. The van der Waals surface area contributed by atoms with E-state index in [4.69, 9.17) is 0 Å². The SMILES string of the molecule is CN1CCC(c2c[nH]c3ccc(C4CN=CS4)cc23)CC1. The summed E-state index contributed by atoms with van der Waals surface area (Å²) in [5, 5.41) is 1.93. The Bertz CT molecular complexity index is 660. The molecule has 2 aliphatic heterocycles. The molecule has 0 aliphatic carbocycles. The lowest BCUT2D eigenvalue weighted by Crippen LogP contribution is -2.29. The second kappa shape index (κ2) is 5.50. The molecular weight excluding hydrogens is 278 g/mol. The van der Waals surface area contributed by atoms with Gasteiger partial charge >= 0.3 is 0 Å². The molecule has 2 aliphatic rings. The highest BCUT2D eigenvalue weighted by Crippen LogP contribution is 2.37. The molecule has 3 heterocycles. The second-order valence-corrected chi connectivity index (χ2v) is 7.27. The molecule has 1 saturated heterocycles. The van der Waals surface area contributed by atoms with Crippen LogP contribution in [0.3, 0.4) is 0 Å². The Kier molecular flexibility index (Phi) is 3.51. The average Bonchev–Trinajstić information content (AvgIpc) is 3.17. The van der Waals surface area contributed by atoms with Crippen LogP contribution in [-0.2, 0) is 0 Å². The lowest BCUT2D eigenvalue weighted by atomic mass is 9.89. The van der Waals surface area contributed by atoms with Gasteiger partial charge in [-0.15, -0.1) is 11.8 Å². The highest BCUT2D eigenvalue weighted by atomic mass is 32.2. The Balaban J connectivity index is 1.67. The molecule has 0 bridgehead atoms. The van der Waals surface area contributed by atoms with Crippen molar-refractivity contribution < 1.29 is 0 Å². The molecule has 2 aromatic rings. The molecule has 4 rings (SSSR count). The number of rotatable bonds is 2. The van der Waals surface area contributed by atoms with Gasteiger partial charge in [-0.25, -0.2) is 0 Å². The molecule has 1 fully saturated rings. The number of nitrogens with one attached hydrogen (secondary N) is 1. The van der Waals surface area contributed by atoms with Crippen molar-refractivity contribution in [3.05, 3.63) is 35.5 Å². The maximum absolute atomic E-state index is 4.35. The fourth-order valence-corrected chi connectivity index (χ4v) is 4.29. The first-order valence-electron chi connectivity index (χ1n) is 7.74. The van der Waals surface area contributed by atoms with Crippen LogP contribution < -0.4 is 0 Å². The second-order valence-electron chi connectivity index (χ2n) is 6.22. The predicted octanol–water partition coefficient (Wildman–Crippen LogP) is 3.79. The van der Waals surface area contributed by atoms with E-state index in [1.54, 1.807) is 0 Å². The summed E-state index contributed by atoms with van der Waals surface area (Å²) in [6.07, 6.45) is 4.78. The van der Waals surface area contributed by atoms with Crippen molar-refractivity contribution in [1.82, 2.24) is 9.88 Å². The number of piperidine rings is 1. The zero-order chi connectivity index (χ0) is 14.2. The van der Waals surface area contributed by atoms with Gasteiger partial charge in [0.15, 0.2) is 0 Å². The van der Waals surface area contributed by atoms with E-state index in [0.29, 0.717) is 11.2 Å². The largest absolute Gasteiger partial charge is 0.361 e. The number of fused-ring (bicyclic) bond motifs is 1. The molecule has 21 heavy (non-hydrogen) atoms. The lowest BCUT2D eigenvalue weighted by Gasteiger charge is -2.28.